The lowest BCUT2D eigenvalue weighted by Gasteiger charge is -1.97. The van der Waals surface area contributed by atoms with Crippen LogP contribution in [0.25, 0.3) is 16.2 Å². The van der Waals surface area contributed by atoms with Gasteiger partial charge < -0.3 is 0 Å². The van der Waals surface area contributed by atoms with Gasteiger partial charge in [-0.2, -0.15) is 0 Å². The average molecular weight is 335 g/mol. The molecule has 3 rings (SSSR count). The van der Waals surface area contributed by atoms with E-state index in [1.165, 1.54) is 11.3 Å². The first-order valence-corrected chi connectivity index (χ1v) is 7.42. The maximum atomic E-state index is 11.5. The van der Waals surface area contributed by atoms with Crippen molar-refractivity contribution in [2.45, 2.75) is 13.8 Å². The van der Waals surface area contributed by atoms with E-state index in [0.717, 1.165) is 31.3 Å². The van der Waals surface area contributed by atoms with Crippen LogP contribution < -0.4 is 0 Å². The van der Waals surface area contributed by atoms with Crippen molar-refractivity contribution in [1.82, 2.24) is 9.38 Å². The van der Waals surface area contributed by atoms with E-state index in [1.54, 1.807) is 6.92 Å². The molecule has 2 aromatic heterocycles. The zero-order valence-electron chi connectivity index (χ0n) is 10.5. The number of hydrogen-bond acceptors (Lipinski definition) is 3. The van der Waals surface area contributed by atoms with Gasteiger partial charge in [-0.05, 0) is 19.1 Å². The normalized spacial score (nSPS) is 11.1. The minimum Gasteiger partial charge on any atom is -0.294 e. The largest absolute Gasteiger partial charge is 0.294 e. The topological polar surface area (TPSA) is 34.4 Å². The van der Waals surface area contributed by atoms with Crippen LogP contribution in [-0.2, 0) is 0 Å². The van der Waals surface area contributed by atoms with Gasteiger partial charge in [0.25, 0.3) is 0 Å². The van der Waals surface area contributed by atoms with Crippen LogP contribution >= 0.6 is 27.3 Å². The predicted octanol–water partition coefficient (Wildman–Crippen LogP) is 4.34. The van der Waals surface area contributed by atoms with E-state index in [0.29, 0.717) is 0 Å². The zero-order chi connectivity index (χ0) is 13.6. The number of thiazole rings is 1. The summed E-state index contributed by atoms with van der Waals surface area (Å²) in [4.78, 5) is 17.7. The van der Waals surface area contributed by atoms with Gasteiger partial charge in [0.15, 0.2) is 10.7 Å². The molecule has 0 radical (unpaired) electrons. The first-order valence-electron chi connectivity index (χ1n) is 5.81. The van der Waals surface area contributed by atoms with Gasteiger partial charge in [0.05, 0.1) is 10.6 Å². The van der Waals surface area contributed by atoms with E-state index in [-0.39, 0.29) is 5.78 Å². The standard InChI is InChI=1S/C14H11BrN2OS/c1-8-13(9(2)18)19-14-16-12(7-17(8)14)10-4-3-5-11(15)6-10/h3-7H,1-2H3. The SMILES string of the molecule is CC(=O)c1sc2nc(-c3cccc(Br)c3)cn2c1C. The number of imidazole rings is 1. The molecule has 96 valence electrons. The van der Waals surface area contributed by atoms with E-state index in [9.17, 15) is 4.79 Å². The molecule has 0 atom stereocenters. The molecule has 19 heavy (non-hydrogen) atoms. The second-order valence-electron chi connectivity index (χ2n) is 4.36. The monoisotopic (exact) mass is 334 g/mol. The fourth-order valence-corrected chi connectivity index (χ4v) is 3.47. The van der Waals surface area contributed by atoms with Gasteiger partial charge >= 0.3 is 0 Å². The first-order chi connectivity index (χ1) is 9.06. The minimum absolute atomic E-state index is 0.0944. The molecule has 0 unspecified atom stereocenters. The van der Waals surface area contributed by atoms with Crippen molar-refractivity contribution >= 4 is 38.0 Å². The molecule has 0 aliphatic heterocycles. The molecule has 3 aromatic rings. The van der Waals surface area contributed by atoms with Crippen LogP contribution in [0.1, 0.15) is 22.3 Å². The minimum atomic E-state index is 0.0944. The summed E-state index contributed by atoms with van der Waals surface area (Å²) in [6.45, 7) is 3.54. The summed E-state index contributed by atoms with van der Waals surface area (Å²) in [6, 6.07) is 8.04. The lowest BCUT2D eigenvalue weighted by Crippen LogP contribution is -1.92. The molecule has 0 fully saturated rings. The second-order valence-corrected chi connectivity index (χ2v) is 6.26. The lowest BCUT2D eigenvalue weighted by atomic mass is 10.2. The summed E-state index contributed by atoms with van der Waals surface area (Å²) in [5.74, 6) is 0.0944. The Balaban J connectivity index is 2.16. The smallest absolute Gasteiger partial charge is 0.195 e. The van der Waals surface area contributed by atoms with Crippen molar-refractivity contribution in [1.29, 1.82) is 0 Å². The van der Waals surface area contributed by atoms with Crippen LogP contribution in [0.2, 0.25) is 0 Å². The first kappa shape index (κ1) is 12.6. The van der Waals surface area contributed by atoms with Crippen LogP contribution in [0.15, 0.2) is 34.9 Å². The summed E-state index contributed by atoms with van der Waals surface area (Å²) in [5.41, 5.74) is 2.95. The molecule has 1 aromatic carbocycles. The van der Waals surface area contributed by atoms with E-state index in [2.05, 4.69) is 20.9 Å². The molecular weight excluding hydrogens is 324 g/mol. The number of fused-ring (bicyclic) bond motifs is 1. The Hall–Kier alpha value is -1.46. The highest BCUT2D eigenvalue weighted by atomic mass is 79.9. The number of halogens is 1. The van der Waals surface area contributed by atoms with Crippen LogP contribution in [-0.4, -0.2) is 15.2 Å². The number of Topliss-reactive ketones (excluding diaryl/α,β-unsaturated/α-hetero) is 1. The number of rotatable bonds is 2. The molecule has 0 aliphatic carbocycles. The van der Waals surface area contributed by atoms with E-state index in [1.807, 2.05) is 41.8 Å². The van der Waals surface area contributed by atoms with Crippen molar-refractivity contribution in [3.63, 3.8) is 0 Å². The van der Waals surface area contributed by atoms with Gasteiger partial charge in [0.2, 0.25) is 0 Å². The zero-order valence-corrected chi connectivity index (χ0v) is 12.9. The van der Waals surface area contributed by atoms with E-state index in [4.69, 9.17) is 0 Å². The van der Waals surface area contributed by atoms with Crippen molar-refractivity contribution in [2.75, 3.05) is 0 Å². The van der Waals surface area contributed by atoms with Crippen molar-refractivity contribution in [3.8, 4) is 11.3 Å². The van der Waals surface area contributed by atoms with Crippen molar-refractivity contribution in [2.24, 2.45) is 0 Å². The third kappa shape index (κ3) is 2.13. The van der Waals surface area contributed by atoms with Crippen molar-refractivity contribution in [3.05, 3.63) is 45.5 Å². The van der Waals surface area contributed by atoms with Gasteiger partial charge in [-0.1, -0.05) is 39.4 Å². The number of hydrogen-bond donors (Lipinski definition) is 0. The molecule has 0 amide bonds. The number of ketones is 1. The molecule has 0 saturated heterocycles. The number of carbonyl (C=O) groups excluding carboxylic acids is 1. The third-order valence-corrected chi connectivity index (χ3v) is 4.75. The van der Waals surface area contributed by atoms with Gasteiger partial charge in [-0.3, -0.25) is 9.20 Å². The van der Waals surface area contributed by atoms with E-state index < -0.39 is 0 Å². The molecule has 0 N–H and O–H groups in total. The quantitative estimate of drug-likeness (QED) is 0.653. The van der Waals surface area contributed by atoms with Gasteiger partial charge in [0, 0.05) is 28.9 Å². The summed E-state index contributed by atoms with van der Waals surface area (Å²) in [5, 5.41) is 0. The predicted molar refractivity (Wildman–Crippen MR) is 80.9 cm³/mol. The molecule has 0 bridgehead atoms. The van der Waals surface area contributed by atoms with Crippen LogP contribution in [0.4, 0.5) is 0 Å². The summed E-state index contributed by atoms with van der Waals surface area (Å²) in [6.07, 6.45) is 1.98. The fraction of sp³-hybridized carbons (Fsp3) is 0.143. The molecule has 5 heteroatoms. The molecule has 0 aliphatic rings. The Morgan fingerprint density at radius 1 is 1.42 bits per heavy atom. The average Bonchev–Trinajstić information content (AvgIpc) is 2.89. The Kier molecular flexibility index (Phi) is 3.03. The Morgan fingerprint density at radius 3 is 2.84 bits per heavy atom. The molecule has 3 nitrogen and oxygen atoms in total. The summed E-state index contributed by atoms with van der Waals surface area (Å²) in [7, 11) is 0. The third-order valence-electron chi connectivity index (χ3n) is 3.00. The van der Waals surface area contributed by atoms with Crippen molar-refractivity contribution < 1.29 is 4.79 Å². The van der Waals surface area contributed by atoms with Crippen LogP contribution in [0.5, 0.6) is 0 Å². The van der Waals surface area contributed by atoms with Crippen LogP contribution in [0.3, 0.4) is 0 Å². The number of benzene rings is 1. The molecule has 2 heterocycles. The number of nitrogens with zero attached hydrogens (tertiary/aromatic N) is 2. The number of aromatic nitrogens is 2. The maximum absolute atomic E-state index is 11.5. The van der Waals surface area contributed by atoms with Crippen LogP contribution in [0, 0.1) is 6.92 Å². The van der Waals surface area contributed by atoms with E-state index >= 15 is 0 Å². The molecule has 0 saturated carbocycles. The van der Waals surface area contributed by atoms with Gasteiger partial charge in [-0.25, -0.2) is 4.98 Å². The molecular formula is C14H11BrN2OS. The molecule has 0 spiro atoms. The second kappa shape index (κ2) is 4.58. The van der Waals surface area contributed by atoms with Gasteiger partial charge in [0.1, 0.15) is 0 Å². The summed E-state index contributed by atoms with van der Waals surface area (Å²) < 4.78 is 3.01. The number of aryl methyl sites for hydroxylation is 1. The van der Waals surface area contributed by atoms with Gasteiger partial charge in [-0.15, -0.1) is 0 Å². The number of carbonyl (C=O) groups is 1. The lowest BCUT2D eigenvalue weighted by molar-refractivity contribution is 0.102. The Morgan fingerprint density at radius 2 is 2.21 bits per heavy atom. The summed E-state index contributed by atoms with van der Waals surface area (Å²) >= 11 is 4.90. The highest BCUT2D eigenvalue weighted by molar-refractivity contribution is 9.10. The Labute approximate surface area is 123 Å². The highest BCUT2D eigenvalue weighted by Gasteiger charge is 2.15. The highest BCUT2D eigenvalue weighted by Crippen LogP contribution is 2.28. The Bertz CT molecular complexity index is 788. The maximum Gasteiger partial charge on any atom is 0.195 e. The fourth-order valence-electron chi connectivity index (χ4n) is 2.06.